The zero-order valence-corrected chi connectivity index (χ0v) is 14.4. The van der Waals surface area contributed by atoms with Crippen LogP contribution in [0.25, 0.3) is 0 Å². The summed E-state index contributed by atoms with van der Waals surface area (Å²) in [5.74, 6) is 0.459. The summed E-state index contributed by atoms with van der Waals surface area (Å²) < 4.78 is 27.7. The Bertz CT molecular complexity index is 569. The molecule has 0 aromatic heterocycles. The minimum absolute atomic E-state index is 0.0618. The van der Waals surface area contributed by atoms with E-state index >= 15 is 0 Å². The summed E-state index contributed by atoms with van der Waals surface area (Å²) >= 11 is 3.39. The van der Waals surface area contributed by atoms with Gasteiger partial charge in [0.05, 0.1) is 4.90 Å². The summed E-state index contributed by atoms with van der Waals surface area (Å²) in [6.45, 7) is 4.19. The van der Waals surface area contributed by atoms with Gasteiger partial charge in [0.1, 0.15) is 0 Å². The lowest BCUT2D eigenvalue weighted by Gasteiger charge is -2.18. The molecule has 0 saturated heterocycles. The molecule has 112 valence electrons. The molecule has 0 fully saturated rings. The molecule has 0 spiro atoms. The molecule has 0 aliphatic heterocycles. The van der Waals surface area contributed by atoms with Crippen molar-refractivity contribution in [1.82, 2.24) is 4.72 Å². The van der Waals surface area contributed by atoms with E-state index in [1.807, 2.05) is 12.1 Å². The van der Waals surface area contributed by atoms with Crippen LogP contribution < -0.4 is 4.72 Å². The third kappa shape index (κ3) is 3.83. The van der Waals surface area contributed by atoms with Gasteiger partial charge in [-0.3, -0.25) is 0 Å². The normalized spacial score (nSPS) is 16.4. The summed E-state index contributed by atoms with van der Waals surface area (Å²) in [4.78, 5) is 0.396. The van der Waals surface area contributed by atoms with Gasteiger partial charge < -0.3 is 0 Å². The molecule has 2 rings (SSSR count). The quantitative estimate of drug-likeness (QED) is 0.792. The second-order valence-corrected chi connectivity index (χ2v) is 8.25. The van der Waals surface area contributed by atoms with Gasteiger partial charge in [-0.15, -0.1) is 0 Å². The van der Waals surface area contributed by atoms with Crippen LogP contribution in [0.2, 0.25) is 0 Å². The highest BCUT2D eigenvalue weighted by atomic mass is 79.9. The van der Waals surface area contributed by atoms with Crippen LogP contribution in [0.5, 0.6) is 0 Å². The Labute approximate surface area is 130 Å². The number of nitrogens with one attached hydrogen (secondary N) is 1. The van der Waals surface area contributed by atoms with Crippen molar-refractivity contribution in [3.8, 4) is 0 Å². The van der Waals surface area contributed by atoms with Gasteiger partial charge in [0.15, 0.2) is 0 Å². The Morgan fingerprint density at radius 2 is 1.95 bits per heavy atom. The van der Waals surface area contributed by atoms with Crippen molar-refractivity contribution < 1.29 is 8.42 Å². The zero-order valence-electron chi connectivity index (χ0n) is 12.0. The molecule has 5 heteroatoms. The van der Waals surface area contributed by atoms with E-state index in [-0.39, 0.29) is 6.04 Å². The lowest BCUT2D eigenvalue weighted by molar-refractivity contribution is 0.488. The number of benzene rings is 1. The number of hydrogen-bond acceptors (Lipinski definition) is 2. The summed E-state index contributed by atoms with van der Waals surface area (Å²) in [7, 11) is -3.42. The topological polar surface area (TPSA) is 46.2 Å². The molecule has 0 radical (unpaired) electrons. The molecule has 1 aliphatic rings. The lowest BCUT2D eigenvalue weighted by atomic mass is 10.1. The van der Waals surface area contributed by atoms with E-state index in [1.54, 1.807) is 6.07 Å². The maximum Gasteiger partial charge on any atom is 0.240 e. The molecule has 0 amide bonds. The van der Waals surface area contributed by atoms with Gasteiger partial charge in [-0.1, -0.05) is 35.8 Å². The average Bonchev–Trinajstić information content (AvgIpc) is 2.84. The van der Waals surface area contributed by atoms with E-state index in [2.05, 4.69) is 34.5 Å². The van der Waals surface area contributed by atoms with Crippen LogP contribution in [-0.4, -0.2) is 19.8 Å². The first kappa shape index (κ1) is 16.0. The maximum absolute atomic E-state index is 12.5. The summed E-state index contributed by atoms with van der Waals surface area (Å²) in [6, 6.07) is 5.47. The van der Waals surface area contributed by atoms with Crippen molar-refractivity contribution >= 4 is 26.0 Å². The summed E-state index contributed by atoms with van der Waals surface area (Å²) in [5.41, 5.74) is 2.48. The lowest BCUT2D eigenvalue weighted by Crippen LogP contribution is -2.37. The fourth-order valence-electron chi connectivity index (χ4n) is 2.71. The van der Waals surface area contributed by atoms with Crippen LogP contribution in [0.15, 0.2) is 23.1 Å². The summed E-state index contributed by atoms with van der Waals surface area (Å²) in [5, 5.41) is 0.634. The van der Waals surface area contributed by atoms with E-state index in [1.165, 1.54) is 11.1 Å². The van der Waals surface area contributed by atoms with Gasteiger partial charge in [0.2, 0.25) is 10.0 Å². The highest BCUT2D eigenvalue weighted by Gasteiger charge is 2.22. The fourth-order valence-corrected chi connectivity index (χ4v) is 4.65. The molecule has 0 saturated carbocycles. The fraction of sp³-hybridized carbons (Fsp3) is 0.600. The van der Waals surface area contributed by atoms with Crippen molar-refractivity contribution in [3.05, 3.63) is 29.3 Å². The molecular formula is C15H22BrNO2S. The van der Waals surface area contributed by atoms with Crippen molar-refractivity contribution in [2.45, 2.75) is 50.5 Å². The Morgan fingerprint density at radius 1 is 1.25 bits per heavy atom. The van der Waals surface area contributed by atoms with Crippen LogP contribution in [-0.2, 0) is 22.9 Å². The first-order valence-corrected chi connectivity index (χ1v) is 9.73. The second-order valence-electron chi connectivity index (χ2n) is 5.89. The first-order chi connectivity index (χ1) is 9.42. The second kappa shape index (κ2) is 6.58. The Kier molecular flexibility index (Phi) is 5.26. The molecule has 20 heavy (non-hydrogen) atoms. The minimum Gasteiger partial charge on any atom is -0.207 e. The molecule has 0 heterocycles. The molecule has 1 aliphatic carbocycles. The summed E-state index contributed by atoms with van der Waals surface area (Å²) in [6.07, 6.45) is 4.02. The number of alkyl halides is 1. The molecule has 1 unspecified atom stereocenters. The van der Waals surface area contributed by atoms with E-state index < -0.39 is 10.0 Å². The Morgan fingerprint density at radius 3 is 2.60 bits per heavy atom. The van der Waals surface area contributed by atoms with Crippen LogP contribution in [0.4, 0.5) is 0 Å². The van der Waals surface area contributed by atoms with Gasteiger partial charge in [0, 0.05) is 11.4 Å². The molecule has 1 aromatic carbocycles. The molecule has 1 aromatic rings. The maximum atomic E-state index is 12.5. The van der Waals surface area contributed by atoms with E-state index in [9.17, 15) is 8.42 Å². The highest BCUT2D eigenvalue weighted by molar-refractivity contribution is 9.09. The average molecular weight is 360 g/mol. The van der Waals surface area contributed by atoms with Gasteiger partial charge in [-0.05, 0) is 54.9 Å². The first-order valence-electron chi connectivity index (χ1n) is 7.12. The molecular weight excluding hydrogens is 338 g/mol. The van der Waals surface area contributed by atoms with Gasteiger partial charge >= 0.3 is 0 Å². The SMILES string of the molecule is CC(C)CC(CBr)NS(=O)(=O)c1ccc2c(c1)CCC2. The van der Waals surface area contributed by atoms with E-state index in [0.29, 0.717) is 16.1 Å². The van der Waals surface area contributed by atoms with Crippen molar-refractivity contribution in [2.24, 2.45) is 5.92 Å². The number of hydrogen-bond donors (Lipinski definition) is 1. The van der Waals surface area contributed by atoms with Crippen LogP contribution in [0.3, 0.4) is 0 Å². The van der Waals surface area contributed by atoms with Crippen LogP contribution >= 0.6 is 15.9 Å². The van der Waals surface area contributed by atoms with Gasteiger partial charge in [0.25, 0.3) is 0 Å². The Balaban J connectivity index is 2.17. The Hall–Kier alpha value is -0.390. The van der Waals surface area contributed by atoms with Crippen LogP contribution in [0, 0.1) is 5.92 Å². The van der Waals surface area contributed by atoms with Crippen molar-refractivity contribution in [1.29, 1.82) is 0 Å². The molecule has 1 N–H and O–H groups in total. The zero-order chi connectivity index (χ0) is 14.8. The monoisotopic (exact) mass is 359 g/mol. The number of halogens is 1. The number of rotatable bonds is 6. The smallest absolute Gasteiger partial charge is 0.207 e. The molecule has 0 bridgehead atoms. The van der Waals surface area contributed by atoms with Crippen LogP contribution in [0.1, 0.15) is 37.8 Å². The number of sulfonamides is 1. The predicted molar refractivity (Wildman–Crippen MR) is 85.8 cm³/mol. The van der Waals surface area contributed by atoms with E-state index in [4.69, 9.17) is 0 Å². The number of fused-ring (bicyclic) bond motifs is 1. The molecule has 1 atom stereocenters. The van der Waals surface area contributed by atoms with Gasteiger partial charge in [-0.2, -0.15) is 0 Å². The largest absolute Gasteiger partial charge is 0.240 e. The third-order valence-electron chi connectivity index (χ3n) is 3.64. The minimum atomic E-state index is -3.42. The van der Waals surface area contributed by atoms with Crippen molar-refractivity contribution in [2.75, 3.05) is 5.33 Å². The van der Waals surface area contributed by atoms with Crippen molar-refractivity contribution in [3.63, 3.8) is 0 Å². The van der Waals surface area contributed by atoms with E-state index in [0.717, 1.165) is 25.7 Å². The molecule has 3 nitrogen and oxygen atoms in total. The highest BCUT2D eigenvalue weighted by Crippen LogP contribution is 2.25. The standard InChI is InChI=1S/C15H22BrNO2S/c1-11(2)8-14(10-16)17-20(18,19)15-7-6-12-4-3-5-13(12)9-15/h6-7,9,11,14,17H,3-5,8,10H2,1-2H3. The number of aryl methyl sites for hydroxylation is 2. The van der Waals surface area contributed by atoms with Gasteiger partial charge in [-0.25, -0.2) is 13.1 Å². The predicted octanol–water partition coefficient (Wildman–Crippen LogP) is 3.26. The third-order valence-corrected chi connectivity index (χ3v) is 5.94.